The SMILES string of the molecule is NC1=N[C@@H](c2ccc(Br)cc2Cl)CO1. The zero-order valence-electron chi connectivity index (χ0n) is 7.21. The normalized spacial score (nSPS) is 20.4. The van der Waals surface area contributed by atoms with Gasteiger partial charge in [0.25, 0.3) is 6.02 Å². The minimum atomic E-state index is -0.0735. The van der Waals surface area contributed by atoms with E-state index in [0.29, 0.717) is 11.6 Å². The Labute approximate surface area is 95.0 Å². The summed E-state index contributed by atoms with van der Waals surface area (Å²) in [5, 5.41) is 0.673. The maximum atomic E-state index is 6.06. The van der Waals surface area contributed by atoms with E-state index in [4.69, 9.17) is 22.1 Å². The standard InChI is InChI=1S/C9H8BrClN2O/c10-5-1-2-6(7(11)3-5)8-4-14-9(12)13-8/h1-3,8H,4H2,(H2,12,13)/t8-/m1/s1. The lowest BCUT2D eigenvalue weighted by Crippen LogP contribution is -2.10. The summed E-state index contributed by atoms with van der Waals surface area (Å²) in [6.45, 7) is 0.465. The Kier molecular flexibility index (Phi) is 2.65. The molecule has 74 valence electrons. The fourth-order valence-corrected chi connectivity index (χ4v) is 2.12. The number of ether oxygens (including phenoxy) is 1. The van der Waals surface area contributed by atoms with Crippen LogP contribution in [0, 0.1) is 0 Å². The number of hydrogen-bond acceptors (Lipinski definition) is 3. The Hall–Kier alpha value is -0.740. The summed E-state index contributed by atoms with van der Waals surface area (Å²) in [6.07, 6.45) is 0. The average molecular weight is 276 g/mol. The molecule has 1 aliphatic rings. The maximum Gasteiger partial charge on any atom is 0.282 e. The molecule has 1 aromatic rings. The minimum absolute atomic E-state index is 0.0735. The Bertz CT molecular complexity index is 394. The largest absolute Gasteiger partial charge is 0.463 e. The number of benzene rings is 1. The molecule has 1 heterocycles. The molecule has 2 rings (SSSR count). The number of nitrogens with two attached hydrogens (primary N) is 1. The highest BCUT2D eigenvalue weighted by atomic mass is 79.9. The van der Waals surface area contributed by atoms with Crippen molar-refractivity contribution in [3.05, 3.63) is 33.3 Å². The van der Waals surface area contributed by atoms with E-state index in [1.807, 2.05) is 18.2 Å². The number of halogens is 2. The zero-order chi connectivity index (χ0) is 10.1. The van der Waals surface area contributed by atoms with E-state index in [2.05, 4.69) is 20.9 Å². The Morgan fingerprint density at radius 1 is 1.57 bits per heavy atom. The Balaban J connectivity index is 2.33. The van der Waals surface area contributed by atoms with Crippen LogP contribution in [0.5, 0.6) is 0 Å². The molecule has 0 saturated heterocycles. The molecule has 1 aromatic carbocycles. The fraction of sp³-hybridized carbons (Fsp3) is 0.222. The van der Waals surface area contributed by atoms with Gasteiger partial charge in [0, 0.05) is 9.50 Å². The summed E-state index contributed by atoms with van der Waals surface area (Å²) in [5.74, 6) is 0. The Morgan fingerprint density at radius 3 is 2.93 bits per heavy atom. The average Bonchev–Trinajstić information content (AvgIpc) is 2.51. The Morgan fingerprint density at radius 2 is 2.36 bits per heavy atom. The summed E-state index contributed by atoms with van der Waals surface area (Å²) in [5.41, 5.74) is 6.36. The predicted octanol–water partition coefficient (Wildman–Crippen LogP) is 2.49. The lowest BCUT2D eigenvalue weighted by atomic mass is 10.1. The van der Waals surface area contributed by atoms with Gasteiger partial charge in [0.2, 0.25) is 0 Å². The van der Waals surface area contributed by atoms with E-state index >= 15 is 0 Å². The van der Waals surface area contributed by atoms with Crippen LogP contribution >= 0.6 is 27.5 Å². The van der Waals surface area contributed by atoms with Crippen molar-refractivity contribution < 1.29 is 4.74 Å². The second-order valence-electron chi connectivity index (χ2n) is 2.96. The topological polar surface area (TPSA) is 47.6 Å². The first kappa shape index (κ1) is 9.80. The van der Waals surface area contributed by atoms with Crippen LogP contribution in [0.3, 0.4) is 0 Å². The van der Waals surface area contributed by atoms with Gasteiger partial charge in [-0.25, -0.2) is 4.99 Å². The van der Waals surface area contributed by atoms with E-state index in [1.165, 1.54) is 0 Å². The van der Waals surface area contributed by atoms with Crippen molar-refractivity contribution in [2.45, 2.75) is 6.04 Å². The second kappa shape index (κ2) is 3.79. The number of rotatable bonds is 1. The third-order valence-corrected chi connectivity index (χ3v) is 2.81. The van der Waals surface area contributed by atoms with Crippen LogP contribution in [0.2, 0.25) is 5.02 Å². The molecule has 0 unspecified atom stereocenters. The van der Waals surface area contributed by atoms with Crippen LogP contribution in [0.1, 0.15) is 11.6 Å². The van der Waals surface area contributed by atoms with E-state index < -0.39 is 0 Å². The van der Waals surface area contributed by atoms with Crippen LogP contribution in [0.4, 0.5) is 0 Å². The van der Waals surface area contributed by atoms with Gasteiger partial charge in [-0.1, -0.05) is 33.6 Å². The van der Waals surface area contributed by atoms with Crippen molar-refractivity contribution in [1.82, 2.24) is 0 Å². The van der Waals surface area contributed by atoms with Gasteiger partial charge in [-0.15, -0.1) is 0 Å². The van der Waals surface area contributed by atoms with Gasteiger partial charge in [-0.2, -0.15) is 0 Å². The quantitative estimate of drug-likeness (QED) is 0.856. The molecule has 5 heteroatoms. The summed E-state index contributed by atoms with van der Waals surface area (Å²) < 4.78 is 6.01. The lowest BCUT2D eigenvalue weighted by molar-refractivity contribution is 0.315. The first-order valence-electron chi connectivity index (χ1n) is 4.08. The molecule has 0 radical (unpaired) electrons. The van der Waals surface area contributed by atoms with Crippen LogP contribution in [-0.4, -0.2) is 12.6 Å². The first-order valence-corrected chi connectivity index (χ1v) is 5.25. The molecule has 1 aliphatic heterocycles. The molecular formula is C9H8BrClN2O. The lowest BCUT2D eigenvalue weighted by Gasteiger charge is -2.07. The van der Waals surface area contributed by atoms with Crippen molar-refractivity contribution >= 4 is 33.6 Å². The van der Waals surface area contributed by atoms with Gasteiger partial charge in [-0.05, 0) is 17.7 Å². The molecule has 0 aromatic heterocycles. The number of aliphatic imine (C=N–C) groups is 1. The molecule has 0 saturated carbocycles. The van der Waals surface area contributed by atoms with E-state index in [9.17, 15) is 0 Å². The third-order valence-electron chi connectivity index (χ3n) is 1.99. The smallest absolute Gasteiger partial charge is 0.282 e. The van der Waals surface area contributed by atoms with E-state index in [0.717, 1.165) is 10.0 Å². The molecule has 0 aliphatic carbocycles. The van der Waals surface area contributed by atoms with Crippen LogP contribution in [0.25, 0.3) is 0 Å². The van der Waals surface area contributed by atoms with Gasteiger partial charge in [0.05, 0.1) is 0 Å². The number of hydrogen-bond donors (Lipinski definition) is 1. The molecule has 14 heavy (non-hydrogen) atoms. The van der Waals surface area contributed by atoms with Crippen LogP contribution in [0.15, 0.2) is 27.7 Å². The third kappa shape index (κ3) is 1.86. The molecule has 1 atom stereocenters. The summed E-state index contributed by atoms with van der Waals surface area (Å²) >= 11 is 9.40. The molecule has 3 nitrogen and oxygen atoms in total. The highest BCUT2D eigenvalue weighted by Gasteiger charge is 2.20. The monoisotopic (exact) mass is 274 g/mol. The highest BCUT2D eigenvalue weighted by Crippen LogP contribution is 2.30. The molecule has 0 amide bonds. The minimum Gasteiger partial charge on any atom is -0.463 e. The van der Waals surface area contributed by atoms with Gasteiger partial charge in [0.15, 0.2) is 0 Å². The highest BCUT2D eigenvalue weighted by molar-refractivity contribution is 9.10. The van der Waals surface area contributed by atoms with Gasteiger partial charge in [-0.3, -0.25) is 0 Å². The molecule has 0 fully saturated rings. The summed E-state index contributed by atoms with van der Waals surface area (Å²) in [6, 6.07) is 5.83. The van der Waals surface area contributed by atoms with Gasteiger partial charge in [0.1, 0.15) is 12.6 Å². The van der Waals surface area contributed by atoms with E-state index in [1.54, 1.807) is 0 Å². The summed E-state index contributed by atoms with van der Waals surface area (Å²) in [4.78, 5) is 4.12. The maximum absolute atomic E-state index is 6.06. The number of nitrogens with zero attached hydrogens (tertiary/aromatic N) is 1. The molecule has 2 N–H and O–H groups in total. The molecule has 0 bridgehead atoms. The van der Waals surface area contributed by atoms with Crippen molar-refractivity contribution in [3.8, 4) is 0 Å². The first-order chi connectivity index (χ1) is 6.66. The number of amidine groups is 1. The van der Waals surface area contributed by atoms with Crippen molar-refractivity contribution in [3.63, 3.8) is 0 Å². The van der Waals surface area contributed by atoms with Crippen molar-refractivity contribution in [2.75, 3.05) is 6.61 Å². The van der Waals surface area contributed by atoms with Gasteiger partial charge < -0.3 is 10.5 Å². The van der Waals surface area contributed by atoms with Crippen LogP contribution < -0.4 is 5.73 Å². The second-order valence-corrected chi connectivity index (χ2v) is 4.28. The zero-order valence-corrected chi connectivity index (χ0v) is 9.55. The predicted molar refractivity (Wildman–Crippen MR) is 59.5 cm³/mol. The van der Waals surface area contributed by atoms with Crippen LogP contribution in [-0.2, 0) is 4.74 Å². The van der Waals surface area contributed by atoms with Crippen molar-refractivity contribution in [2.24, 2.45) is 10.7 Å². The molecule has 0 spiro atoms. The van der Waals surface area contributed by atoms with E-state index in [-0.39, 0.29) is 12.1 Å². The fourth-order valence-electron chi connectivity index (χ4n) is 1.32. The summed E-state index contributed by atoms with van der Waals surface area (Å²) in [7, 11) is 0. The van der Waals surface area contributed by atoms with Crippen molar-refractivity contribution in [1.29, 1.82) is 0 Å². The molecular weight excluding hydrogens is 267 g/mol. The van der Waals surface area contributed by atoms with Gasteiger partial charge >= 0.3 is 0 Å².